The Morgan fingerprint density at radius 3 is 2.76 bits per heavy atom. The number of benzene rings is 1. The van der Waals surface area contributed by atoms with Crippen LogP contribution in [0.4, 0.5) is 5.82 Å². The van der Waals surface area contributed by atoms with Crippen molar-refractivity contribution in [2.24, 2.45) is 4.99 Å². The summed E-state index contributed by atoms with van der Waals surface area (Å²) in [5.74, 6) is 2.49. The minimum atomic E-state index is -0.0742. The first kappa shape index (κ1) is 20.7. The van der Waals surface area contributed by atoms with E-state index in [4.69, 9.17) is 4.99 Å². The van der Waals surface area contributed by atoms with Crippen LogP contribution in [0.2, 0.25) is 0 Å². The Kier molecular flexibility index (Phi) is 7.47. The molecule has 29 heavy (non-hydrogen) atoms. The number of aryl methyl sites for hydroxylation is 1. The van der Waals surface area contributed by atoms with E-state index >= 15 is 0 Å². The number of aromatic nitrogens is 2. The molecule has 1 aliphatic heterocycles. The van der Waals surface area contributed by atoms with Gasteiger partial charge in [0.15, 0.2) is 5.82 Å². The van der Waals surface area contributed by atoms with Gasteiger partial charge in [-0.05, 0) is 38.6 Å². The number of amidine groups is 1. The van der Waals surface area contributed by atoms with Crippen LogP contribution in [0.5, 0.6) is 0 Å². The second kappa shape index (κ2) is 10.5. The van der Waals surface area contributed by atoms with Crippen molar-refractivity contribution < 1.29 is 0 Å². The van der Waals surface area contributed by atoms with E-state index in [0.29, 0.717) is 0 Å². The summed E-state index contributed by atoms with van der Waals surface area (Å²) >= 11 is 0. The van der Waals surface area contributed by atoms with Crippen molar-refractivity contribution in [3.63, 3.8) is 0 Å². The lowest BCUT2D eigenvalue weighted by Crippen LogP contribution is -2.48. The van der Waals surface area contributed by atoms with Gasteiger partial charge in [-0.3, -0.25) is 10.1 Å². The van der Waals surface area contributed by atoms with Crippen molar-refractivity contribution >= 4 is 17.7 Å². The lowest BCUT2D eigenvalue weighted by Gasteiger charge is -2.26. The molecule has 0 radical (unpaired) electrons. The second-order valence-corrected chi connectivity index (χ2v) is 7.23. The molecule has 0 bridgehead atoms. The van der Waals surface area contributed by atoms with Gasteiger partial charge < -0.3 is 20.9 Å². The van der Waals surface area contributed by atoms with Crippen molar-refractivity contribution in [1.29, 1.82) is 0 Å². The van der Waals surface area contributed by atoms with Crippen molar-refractivity contribution in [1.82, 2.24) is 25.7 Å². The lowest BCUT2D eigenvalue weighted by molar-refractivity contribution is 0.344. The van der Waals surface area contributed by atoms with E-state index in [2.05, 4.69) is 69.3 Å². The summed E-state index contributed by atoms with van der Waals surface area (Å²) < 4.78 is 0. The maximum Gasteiger partial charge on any atom is 0.153 e. The number of nitrogens with one attached hydrogen (secondary N) is 4. The molecule has 0 saturated heterocycles. The molecule has 0 aliphatic carbocycles. The number of anilines is 1. The molecule has 3 rings (SSSR count). The number of hydrogen-bond acceptors (Lipinski definition) is 5. The molecule has 1 aromatic carbocycles. The van der Waals surface area contributed by atoms with Gasteiger partial charge in [-0.2, -0.15) is 5.10 Å². The van der Waals surface area contributed by atoms with E-state index in [0.717, 1.165) is 54.8 Å². The third-order valence-electron chi connectivity index (χ3n) is 4.51. The Balaban J connectivity index is 1.70. The van der Waals surface area contributed by atoms with Crippen molar-refractivity contribution in [2.45, 2.75) is 26.4 Å². The maximum absolute atomic E-state index is 4.75. The standard InChI is InChI=1S/C22H31N7/c1-4-13-29(3)14-12-23-20-16-21(26-22-15-17(2)27-28-22)25-19(24-20)11-10-18-8-6-5-7-9-18/h5-11,15-16,19,25H,4,12-14H2,1-3H3,(H,23,24)(H2,26,27,28)/b11-10+. The predicted molar refractivity (Wildman–Crippen MR) is 121 cm³/mol. The zero-order valence-corrected chi connectivity index (χ0v) is 17.4. The highest BCUT2D eigenvalue weighted by atomic mass is 15.3. The molecule has 1 atom stereocenters. The average molecular weight is 394 g/mol. The molecule has 0 spiro atoms. The third kappa shape index (κ3) is 6.80. The molecule has 7 nitrogen and oxygen atoms in total. The minimum absolute atomic E-state index is 0.0742. The molecule has 4 N–H and O–H groups in total. The Hall–Kier alpha value is -3.06. The molecule has 0 fully saturated rings. The molecule has 0 amide bonds. The van der Waals surface area contributed by atoms with E-state index in [-0.39, 0.29) is 6.17 Å². The Morgan fingerprint density at radius 1 is 1.21 bits per heavy atom. The van der Waals surface area contributed by atoms with Gasteiger partial charge in [-0.25, -0.2) is 0 Å². The van der Waals surface area contributed by atoms with Crippen LogP contribution in [-0.4, -0.2) is 53.8 Å². The number of likely N-dealkylation sites (N-methyl/N-ethyl adjacent to an activating group) is 1. The highest BCUT2D eigenvalue weighted by Gasteiger charge is 2.15. The van der Waals surface area contributed by atoms with Crippen LogP contribution in [0.15, 0.2) is 59.4 Å². The first-order chi connectivity index (χ1) is 14.1. The summed E-state index contributed by atoms with van der Waals surface area (Å²) in [4.78, 5) is 7.05. The number of rotatable bonds is 9. The molecule has 1 unspecified atom stereocenters. The maximum atomic E-state index is 4.75. The van der Waals surface area contributed by atoms with Gasteiger partial charge in [0.25, 0.3) is 0 Å². The molecule has 7 heteroatoms. The van der Waals surface area contributed by atoms with Crippen LogP contribution in [0.1, 0.15) is 24.6 Å². The number of aliphatic imine (C=N–C) groups is 1. The van der Waals surface area contributed by atoms with Gasteiger partial charge in [0.2, 0.25) is 0 Å². The van der Waals surface area contributed by atoms with Gasteiger partial charge in [-0.1, -0.05) is 43.3 Å². The smallest absolute Gasteiger partial charge is 0.153 e. The van der Waals surface area contributed by atoms with Crippen molar-refractivity contribution in [3.05, 3.63) is 65.6 Å². The van der Waals surface area contributed by atoms with Crippen molar-refractivity contribution in [2.75, 3.05) is 32.0 Å². The van der Waals surface area contributed by atoms with Crippen LogP contribution in [0.3, 0.4) is 0 Å². The lowest BCUT2D eigenvalue weighted by atomic mass is 10.2. The summed E-state index contributed by atoms with van der Waals surface area (Å²) in [5.41, 5.74) is 2.16. The Morgan fingerprint density at radius 2 is 2.03 bits per heavy atom. The fourth-order valence-electron chi connectivity index (χ4n) is 3.07. The predicted octanol–water partition coefficient (Wildman–Crippen LogP) is 2.94. The minimum Gasteiger partial charge on any atom is -0.348 e. The van der Waals surface area contributed by atoms with Crippen LogP contribution >= 0.6 is 0 Å². The molecule has 2 aromatic rings. The SMILES string of the molecule is CCCN(C)CCN=C1C=C(Nc2cc(C)[nH]n2)NC(/C=C/c2ccccc2)N1. The van der Waals surface area contributed by atoms with Crippen molar-refractivity contribution in [3.8, 4) is 0 Å². The fourth-order valence-corrected chi connectivity index (χ4v) is 3.07. The van der Waals surface area contributed by atoms with Gasteiger partial charge in [0.1, 0.15) is 17.8 Å². The average Bonchev–Trinajstić information content (AvgIpc) is 3.12. The van der Waals surface area contributed by atoms with Gasteiger partial charge in [0.05, 0.1) is 6.54 Å². The zero-order valence-electron chi connectivity index (χ0n) is 17.4. The number of nitrogens with zero attached hydrogens (tertiary/aromatic N) is 3. The van der Waals surface area contributed by atoms with Gasteiger partial charge >= 0.3 is 0 Å². The number of aromatic amines is 1. The van der Waals surface area contributed by atoms with E-state index in [1.54, 1.807) is 0 Å². The summed E-state index contributed by atoms with van der Waals surface area (Å²) in [7, 11) is 2.13. The quantitative estimate of drug-likeness (QED) is 0.527. The summed E-state index contributed by atoms with van der Waals surface area (Å²) in [6.45, 7) is 6.94. The molecule has 2 heterocycles. The van der Waals surface area contributed by atoms with E-state index in [9.17, 15) is 0 Å². The van der Waals surface area contributed by atoms with Gasteiger partial charge in [-0.15, -0.1) is 0 Å². The first-order valence-electron chi connectivity index (χ1n) is 10.1. The topological polar surface area (TPSA) is 80.4 Å². The Bertz CT molecular complexity index is 851. The van der Waals surface area contributed by atoms with E-state index < -0.39 is 0 Å². The molecule has 0 saturated carbocycles. The fraction of sp³-hybridized carbons (Fsp3) is 0.364. The molecule has 154 valence electrons. The highest BCUT2D eigenvalue weighted by molar-refractivity contribution is 5.95. The van der Waals surface area contributed by atoms with Gasteiger partial charge in [0, 0.05) is 24.4 Å². The van der Waals surface area contributed by atoms with Crippen LogP contribution in [-0.2, 0) is 0 Å². The van der Waals surface area contributed by atoms with E-state index in [1.807, 2.05) is 37.3 Å². The summed E-state index contributed by atoms with van der Waals surface area (Å²) in [6, 6.07) is 12.2. The first-order valence-corrected chi connectivity index (χ1v) is 10.1. The third-order valence-corrected chi connectivity index (χ3v) is 4.51. The van der Waals surface area contributed by atoms with E-state index in [1.165, 1.54) is 0 Å². The molecular formula is C22H31N7. The highest BCUT2D eigenvalue weighted by Crippen LogP contribution is 2.10. The molecule has 1 aromatic heterocycles. The number of hydrogen-bond donors (Lipinski definition) is 4. The zero-order chi connectivity index (χ0) is 20.5. The molecule has 1 aliphatic rings. The number of H-pyrrole nitrogens is 1. The van der Waals surface area contributed by atoms with Crippen LogP contribution in [0.25, 0.3) is 6.08 Å². The summed E-state index contributed by atoms with van der Waals surface area (Å²) in [5, 5.41) is 17.4. The summed E-state index contributed by atoms with van der Waals surface area (Å²) in [6.07, 6.45) is 7.25. The van der Waals surface area contributed by atoms with Crippen LogP contribution < -0.4 is 16.0 Å². The van der Waals surface area contributed by atoms with Crippen LogP contribution in [0, 0.1) is 6.92 Å². The molecular weight excluding hydrogens is 362 g/mol. The monoisotopic (exact) mass is 393 g/mol. The second-order valence-electron chi connectivity index (χ2n) is 7.23. The Labute approximate surface area is 173 Å². The largest absolute Gasteiger partial charge is 0.348 e. The normalized spacial score (nSPS) is 18.0.